The summed E-state index contributed by atoms with van der Waals surface area (Å²) in [5.41, 5.74) is 0.552. The Morgan fingerprint density at radius 2 is 1.14 bits per heavy atom. The van der Waals surface area contributed by atoms with Gasteiger partial charge in [0, 0.05) is 11.1 Å². The van der Waals surface area contributed by atoms with Gasteiger partial charge in [-0.15, -0.1) is 5.10 Å². The second-order valence-corrected chi connectivity index (χ2v) is 6.20. The largest absolute Gasteiger partial charge is 0.416 e. The molecule has 0 aliphatic rings. The predicted octanol–water partition coefficient (Wildman–Crippen LogP) is 5.50. The van der Waals surface area contributed by atoms with Crippen molar-refractivity contribution in [3.63, 3.8) is 0 Å². The molecule has 4 nitrogen and oxygen atoms in total. The number of hydrogen-bond donors (Lipinski definition) is 0. The van der Waals surface area contributed by atoms with Gasteiger partial charge in [0.2, 0.25) is 0 Å². The average Bonchev–Trinajstić information content (AvgIpc) is 3.16. The maximum Gasteiger partial charge on any atom is 0.416 e. The van der Waals surface area contributed by atoms with Crippen LogP contribution in [0.25, 0.3) is 28.0 Å². The molecule has 0 aliphatic carbocycles. The van der Waals surface area contributed by atoms with Crippen molar-refractivity contribution >= 4 is 5.65 Å². The molecule has 0 bridgehead atoms. The smallest absolute Gasteiger partial charge is 0.192 e. The summed E-state index contributed by atoms with van der Waals surface area (Å²) in [7, 11) is 0. The number of alkyl halides is 6. The molecule has 10 heteroatoms. The van der Waals surface area contributed by atoms with E-state index in [2.05, 4.69) is 15.5 Å². The third kappa shape index (κ3) is 3.53. The summed E-state index contributed by atoms with van der Waals surface area (Å²) in [6.45, 7) is 0. The molecule has 0 unspecified atom stereocenters. The van der Waals surface area contributed by atoms with Gasteiger partial charge in [0.1, 0.15) is 0 Å². The molecule has 4 aromatic rings. The molecule has 0 aliphatic heterocycles. The van der Waals surface area contributed by atoms with Gasteiger partial charge in [0.15, 0.2) is 5.65 Å². The van der Waals surface area contributed by atoms with Crippen molar-refractivity contribution in [3.05, 3.63) is 71.8 Å². The van der Waals surface area contributed by atoms with Crippen molar-refractivity contribution in [1.82, 2.24) is 20.0 Å². The third-order valence-electron chi connectivity index (χ3n) is 4.38. The first-order chi connectivity index (χ1) is 13.6. The van der Waals surface area contributed by atoms with Crippen molar-refractivity contribution in [2.75, 3.05) is 0 Å². The first-order valence-electron chi connectivity index (χ1n) is 8.21. The van der Waals surface area contributed by atoms with Crippen molar-refractivity contribution in [1.29, 1.82) is 0 Å². The Kier molecular flexibility index (Phi) is 4.29. The highest BCUT2D eigenvalue weighted by Crippen LogP contribution is 2.34. The highest BCUT2D eigenvalue weighted by atomic mass is 19.4. The number of aromatic nitrogens is 4. The number of tetrazole rings is 1. The van der Waals surface area contributed by atoms with E-state index in [1.165, 1.54) is 28.8 Å². The Morgan fingerprint density at radius 3 is 1.66 bits per heavy atom. The van der Waals surface area contributed by atoms with Gasteiger partial charge in [-0.25, -0.2) is 0 Å². The molecule has 0 N–H and O–H groups in total. The lowest BCUT2D eigenvalue weighted by atomic mass is 10.0. The van der Waals surface area contributed by atoms with Crippen LogP contribution in [0.1, 0.15) is 11.1 Å². The zero-order chi connectivity index (χ0) is 20.8. The van der Waals surface area contributed by atoms with E-state index < -0.39 is 23.5 Å². The standard InChI is InChI=1S/C19H10F6N4/c20-18(21,22)13-5-1-11(2-6-13)15-9-10-16(29-17(15)26-27-28-29)12-3-7-14(8-4-12)19(23,24)25/h1-10H. The summed E-state index contributed by atoms with van der Waals surface area (Å²) >= 11 is 0. The monoisotopic (exact) mass is 408 g/mol. The van der Waals surface area contributed by atoms with Gasteiger partial charge in [0.25, 0.3) is 0 Å². The minimum absolute atomic E-state index is 0.266. The molecular weight excluding hydrogens is 398 g/mol. The molecule has 0 atom stereocenters. The Morgan fingerprint density at radius 1 is 0.621 bits per heavy atom. The SMILES string of the molecule is FC(F)(F)c1ccc(-c2ccc(-c3ccc(C(F)(F)F)cc3)n3nnnc23)cc1. The molecule has 2 aromatic heterocycles. The Hall–Kier alpha value is -3.43. The minimum atomic E-state index is -4.45. The summed E-state index contributed by atoms with van der Waals surface area (Å²) in [6.07, 6.45) is -8.90. The lowest BCUT2D eigenvalue weighted by Gasteiger charge is -2.11. The maximum atomic E-state index is 12.8. The topological polar surface area (TPSA) is 43.1 Å². The van der Waals surface area contributed by atoms with Gasteiger partial charge in [-0.05, 0) is 52.4 Å². The van der Waals surface area contributed by atoms with Crippen molar-refractivity contribution in [3.8, 4) is 22.4 Å². The number of hydrogen-bond acceptors (Lipinski definition) is 3. The van der Waals surface area contributed by atoms with Gasteiger partial charge in [-0.1, -0.05) is 24.3 Å². The summed E-state index contributed by atoms with van der Waals surface area (Å²) in [5.74, 6) is 0. The highest BCUT2D eigenvalue weighted by molar-refractivity contribution is 5.80. The summed E-state index contributed by atoms with van der Waals surface area (Å²) in [4.78, 5) is 0. The molecule has 0 amide bonds. The molecule has 29 heavy (non-hydrogen) atoms. The maximum absolute atomic E-state index is 12.8. The number of rotatable bonds is 2. The number of fused-ring (bicyclic) bond motifs is 1. The summed E-state index contributed by atoms with van der Waals surface area (Å²) < 4.78 is 77.9. The van der Waals surface area contributed by atoms with E-state index in [4.69, 9.17) is 0 Å². The lowest BCUT2D eigenvalue weighted by molar-refractivity contribution is -0.138. The fourth-order valence-electron chi connectivity index (χ4n) is 2.94. The van der Waals surface area contributed by atoms with Crippen LogP contribution < -0.4 is 0 Å². The average molecular weight is 408 g/mol. The molecule has 2 heterocycles. The van der Waals surface area contributed by atoms with Crippen LogP contribution in [0.4, 0.5) is 26.3 Å². The molecule has 0 spiro atoms. The van der Waals surface area contributed by atoms with Gasteiger partial charge < -0.3 is 0 Å². The van der Waals surface area contributed by atoms with E-state index >= 15 is 0 Å². The quantitative estimate of drug-likeness (QED) is 0.412. The van der Waals surface area contributed by atoms with Crippen molar-refractivity contribution < 1.29 is 26.3 Å². The fraction of sp³-hybridized carbons (Fsp3) is 0.105. The van der Waals surface area contributed by atoms with Crippen LogP contribution in [0.5, 0.6) is 0 Å². The summed E-state index contributed by atoms with van der Waals surface area (Å²) in [6, 6.07) is 12.3. The van der Waals surface area contributed by atoms with E-state index in [1.54, 1.807) is 12.1 Å². The number of nitrogens with zero attached hydrogens (tertiary/aromatic N) is 4. The van der Waals surface area contributed by atoms with Crippen LogP contribution in [0, 0.1) is 0 Å². The van der Waals surface area contributed by atoms with Crippen LogP contribution in [0.2, 0.25) is 0 Å². The normalized spacial score (nSPS) is 12.5. The van der Waals surface area contributed by atoms with Crippen LogP contribution in [-0.2, 0) is 12.4 Å². The molecule has 0 fully saturated rings. The van der Waals surface area contributed by atoms with Crippen molar-refractivity contribution in [2.45, 2.75) is 12.4 Å². The lowest BCUT2D eigenvalue weighted by Crippen LogP contribution is -2.04. The zero-order valence-corrected chi connectivity index (χ0v) is 14.3. The molecule has 2 aromatic carbocycles. The van der Waals surface area contributed by atoms with E-state index in [-0.39, 0.29) is 5.65 Å². The number of halogens is 6. The Labute approximate surface area is 159 Å². The van der Waals surface area contributed by atoms with Crippen LogP contribution >= 0.6 is 0 Å². The molecule has 0 radical (unpaired) electrons. The number of benzene rings is 2. The molecule has 0 saturated carbocycles. The van der Waals surface area contributed by atoms with Crippen LogP contribution in [0.15, 0.2) is 60.7 Å². The highest BCUT2D eigenvalue weighted by Gasteiger charge is 2.31. The second kappa shape index (κ2) is 6.57. The first kappa shape index (κ1) is 18.9. The second-order valence-electron chi connectivity index (χ2n) is 6.20. The van der Waals surface area contributed by atoms with Gasteiger partial charge >= 0.3 is 12.4 Å². The summed E-state index contributed by atoms with van der Waals surface area (Å²) in [5, 5.41) is 11.4. The predicted molar refractivity (Wildman–Crippen MR) is 91.7 cm³/mol. The van der Waals surface area contributed by atoms with Gasteiger partial charge in [0.05, 0.1) is 16.8 Å². The zero-order valence-electron chi connectivity index (χ0n) is 14.3. The van der Waals surface area contributed by atoms with E-state index in [0.29, 0.717) is 22.4 Å². The Balaban J connectivity index is 1.77. The number of pyridine rings is 1. The van der Waals surface area contributed by atoms with Crippen molar-refractivity contribution in [2.24, 2.45) is 0 Å². The molecule has 148 valence electrons. The van der Waals surface area contributed by atoms with Gasteiger partial charge in [-0.2, -0.15) is 30.9 Å². The van der Waals surface area contributed by atoms with E-state index in [9.17, 15) is 26.3 Å². The third-order valence-corrected chi connectivity index (χ3v) is 4.38. The molecule has 0 saturated heterocycles. The van der Waals surface area contributed by atoms with E-state index in [0.717, 1.165) is 24.3 Å². The van der Waals surface area contributed by atoms with Gasteiger partial charge in [-0.3, -0.25) is 0 Å². The van der Waals surface area contributed by atoms with E-state index in [1.807, 2.05) is 0 Å². The fourth-order valence-corrected chi connectivity index (χ4v) is 2.94. The molecular formula is C19H10F6N4. The van der Waals surface area contributed by atoms with Crippen LogP contribution in [0.3, 0.4) is 0 Å². The minimum Gasteiger partial charge on any atom is -0.192 e. The first-order valence-corrected chi connectivity index (χ1v) is 8.21. The molecule has 4 rings (SSSR count). The van der Waals surface area contributed by atoms with Crippen LogP contribution in [-0.4, -0.2) is 20.0 Å². The Bertz CT molecular complexity index is 1070.